The van der Waals surface area contributed by atoms with Gasteiger partial charge >= 0.3 is 11.9 Å². The summed E-state index contributed by atoms with van der Waals surface area (Å²) in [5.74, 6) is -3.52. The maximum Gasteiger partial charge on any atom is 0.321 e. The molecule has 0 saturated carbocycles. The van der Waals surface area contributed by atoms with Crippen LogP contribution in [0.25, 0.3) is 0 Å². The highest BCUT2D eigenvalue weighted by atomic mass is 19.2. The Morgan fingerprint density at radius 1 is 1.53 bits per heavy atom. The van der Waals surface area contributed by atoms with Crippen LogP contribution in [-0.4, -0.2) is 40.8 Å². The summed E-state index contributed by atoms with van der Waals surface area (Å²) in [7, 11) is 0. The smallest absolute Gasteiger partial charge is 0.321 e. The quantitative estimate of drug-likeness (QED) is 0.287. The van der Waals surface area contributed by atoms with E-state index in [0.717, 1.165) is 0 Å². The van der Waals surface area contributed by atoms with E-state index in [0.29, 0.717) is 0 Å². The molecular weight excluding hydrogens is 241 g/mol. The minimum Gasteiger partial charge on any atom is -0.755 e. The average Bonchev–Trinajstić information content (AvgIpc) is 2.60. The van der Waals surface area contributed by atoms with Crippen LogP contribution in [0.15, 0.2) is 0 Å². The molecule has 1 saturated heterocycles. The third-order valence-corrected chi connectivity index (χ3v) is 2.43. The Hall–Kier alpha value is -1.29. The van der Waals surface area contributed by atoms with Crippen molar-refractivity contribution in [1.29, 1.82) is 0 Å². The molecule has 1 rings (SSSR count). The van der Waals surface area contributed by atoms with Gasteiger partial charge in [0.1, 0.15) is 6.04 Å². The Kier molecular flexibility index (Phi) is 4.75. The number of carboxylic acid groups (broad SMARTS) is 2. The first-order valence-corrected chi connectivity index (χ1v) is 4.62. The molecular formula is C8H10FNO7-2. The second kappa shape index (κ2) is 5.87. The summed E-state index contributed by atoms with van der Waals surface area (Å²) in [5, 5.41) is 29.6. The molecule has 0 bridgehead atoms. The van der Waals surface area contributed by atoms with Gasteiger partial charge in [0, 0.05) is 18.6 Å². The fourth-order valence-electron chi connectivity index (χ4n) is 1.75. The van der Waals surface area contributed by atoms with Crippen LogP contribution in [0.2, 0.25) is 0 Å². The minimum atomic E-state index is -1.77. The number of halogens is 1. The summed E-state index contributed by atoms with van der Waals surface area (Å²) in [5.41, 5.74) is 0. The molecule has 0 aromatic rings. The van der Waals surface area contributed by atoms with Crippen LogP contribution in [0.1, 0.15) is 6.42 Å². The molecule has 3 atom stereocenters. The van der Waals surface area contributed by atoms with Gasteiger partial charge in [0.2, 0.25) is 0 Å². The molecule has 9 heteroatoms. The summed E-state index contributed by atoms with van der Waals surface area (Å²) < 4.78 is 16.8. The second-order valence-electron chi connectivity index (χ2n) is 3.46. The molecule has 1 fully saturated rings. The van der Waals surface area contributed by atoms with Crippen molar-refractivity contribution in [2.75, 3.05) is 6.54 Å². The largest absolute Gasteiger partial charge is 0.755 e. The number of aliphatic carboxylic acids is 2. The Labute approximate surface area is 94.9 Å². The Bertz CT molecular complexity index is 300. The van der Waals surface area contributed by atoms with E-state index in [-0.39, 0.29) is 6.54 Å². The number of rotatable bonds is 6. The van der Waals surface area contributed by atoms with Gasteiger partial charge in [0.15, 0.2) is 0 Å². The van der Waals surface area contributed by atoms with Crippen molar-refractivity contribution in [2.24, 2.45) is 5.92 Å². The summed E-state index contributed by atoms with van der Waals surface area (Å²) in [6.07, 6.45) is -1.61. The van der Waals surface area contributed by atoms with Gasteiger partial charge in [-0.3, -0.25) is 9.59 Å². The van der Waals surface area contributed by atoms with Gasteiger partial charge in [-0.15, -0.1) is 0 Å². The molecule has 3 N–H and O–H groups in total. The topological polar surface area (TPSA) is 128 Å². The maximum absolute atomic E-state index is 12.5. The van der Waals surface area contributed by atoms with E-state index in [4.69, 9.17) is 10.2 Å². The third-order valence-electron chi connectivity index (χ3n) is 2.43. The van der Waals surface area contributed by atoms with Crippen molar-refractivity contribution in [3.63, 3.8) is 0 Å². The standard InChI is InChI=1S/C8H11FNO7/c9-8(17-15)16-4-2-10-6(7(13)14)3(4)1-5(11)12/h3-4,6,10,15H,1-2H2,(H,11,12)(H,13,14)/q-1/p-1/t3-,4+,6-/m0/s1. The second-order valence-corrected chi connectivity index (χ2v) is 3.46. The van der Waals surface area contributed by atoms with Gasteiger partial charge in [-0.2, -0.15) is 0 Å². The molecule has 0 aliphatic carbocycles. The van der Waals surface area contributed by atoms with Crippen LogP contribution in [0.4, 0.5) is 4.39 Å². The Morgan fingerprint density at radius 3 is 2.65 bits per heavy atom. The van der Waals surface area contributed by atoms with E-state index in [9.17, 15) is 19.2 Å². The zero-order chi connectivity index (χ0) is 13.0. The molecule has 1 aliphatic rings. The summed E-state index contributed by atoms with van der Waals surface area (Å²) >= 11 is 0. The van der Waals surface area contributed by atoms with Gasteiger partial charge in [-0.1, -0.05) is 0 Å². The fourth-order valence-corrected chi connectivity index (χ4v) is 1.75. The normalized spacial score (nSPS) is 28.5. The molecule has 0 spiro atoms. The van der Waals surface area contributed by atoms with Crippen LogP contribution in [-0.2, 0) is 19.2 Å². The first-order chi connectivity index (χ1) is 7.95. The molecule has 98 valence electrons. The SMILES string of the molecule is O=C(O)C[C@@H]1[C@@H](C(=O)O)NC[C@H]1O[C-](F)O[O-]. The number of nitrogens with one attached hydrogen (secondary N) is 1. The fraction of sp³-hybridized carbons (Fsp3) is 0.625. The van der Waals surface area contributed by atoms with Crippen LogP contribution in [0.3, 0.4) is 0 Å². The van der Waals surface area contributed by atoms with Crippen LogP contribution >= 0.6 is 0 Å². The molecule has 8 nitrogen and oxygen atoms in total. The lowest BCUT2D eigenvalue weighted by atomic mass is 9.94. The third kappa shape index (κ3) is 3.60. The lowest BCUT2D eigenvalue weighted by Gasteiger charge is -2.33. The Balaban J connectivity index is 2.69. The first kappa shape index (κ1) is 13.8. The molecule has 0 amide bonds. The van der Waals surface area contributed by atoms with Gasteiger partial charge in [0.25, 0.3) is 0 Å². The van der Waals surface area contributed by atoms with E-state index in [1.807, 2.05) is 0 Å². The molecule has 0 radical (unpaired) electrons. The zero-order valence-electron chi connectivity index (χ0n) is 8.46. The predicted octanol–water partition coefficient (Wildman–Crippen LogP) is -1.77. The number of ether oxygens (including phenoxy) is 1. The van der Waals surface area contributed by atoms with Crippen molar-refractivity contribution >= 4 is 11.9 Å². The van der Waals surface area contributed by atoms with Gasteiger partial charge in [-0.25, -0.2) is 0 Å². The molecule has 1 heterocycles. The van der Waals surface area contributed by atoms with Crippen molar-refractivity contribution in [1.82, 2.24) is 5.32 Å². The van der Waals surface area contributed by atoms with Crippen molar-refractivity contribution in [2.45, 2.75) is 18.6 Å². The molecule has 17 heavy (non-hydrogen) atoms. The molecule has 0 unspecified atom stereocenters. The Morgan fingerprint density at radius 2 is 2.18 bits per heavy atom. The summed E-state index contributed by atoms with van der Waals surface area (Å²) in [6.45, 7) is -1.86. The average molecular weight is 251 g/mol. The lowest BCUT2D eigenvalue weighted by Crippen LogP contribution is -2.38. The van der Waals surface area contributed by atoms with Crippen LogP contribution in [0.5, 0.6) is 0 Å². The monoisotopic (exact) mass is 251 g/mol. The van der Waals surface area contributed by atoms with Gasteiger partial charge in [-0.05, 0) is 0 Å². The van der Waals surface area contributed by atoms with Crippen LogP contribution < -0.4 is 10.6 Å². The van der Waals surface area contributed by atoms with Crippen molar-refractivity contribution in [3.05, 3.63) is 6.54 Å². The predicted molar refractivity (Wildman–Crippen MR) is 45.5 cm³/mol. The van der Waals surface area contributed by atoms with Gasteiger partial charge in [0.05, 0.1) is 13.0 Å². The number of carbonyl (C=O) groups is 2. The number of hydrogen-bond acceptors (Lipinski definition) is 6. The zero-order valence-corrected chi connectivity index (χ0v) is 8.46. The highest BCUT2D eigenvalue weighted by Crippen LogP contribution is 2.26. The molecule has 0 aromatic heterocycles. The van der Waals surface area contributed by atoms with E-state index in [2.05, 4.69) is 14.9 Å². The first-order valence-electron chi connectivity index (χ1n) is 4.62. The van der Waals surface area contributed by atoms with E-state index in [1.165, 1.54) is 0 Å². The molecule has 1 aliphatic heterocycles. The van der Waals surface area contributed by atoms with Crippen molar-refractivity contribution in [3.8, 4) is 0 Å². The highest BCUT2D eigenvalue weighted by Gasteiger charge is 2.41. The highest BCUT2D eigenvalue weighted by molar-refractivity contribution is 5.76. The van der Waals surface area contributed by atoms with Crippen LogP contribution in [0, 0.1) is 12.5 Å². The molecule has 0 aromatic carbocycles. The minimum absolute atomic E-state index is 0.0916. The number of hydrogen-bond donors (Lipinski definition) is 3. The van der Waals surface area contributed by atoms with E-state index < -0.39 is 43.0 Å². The maximum atomic E-state index is 12.5. The number of carboxylic acids is 2. The summed E-state index contributed by atoms with van der Waals surface area (Å²) in [4.78, 5) is 24.3. The van der Waals surface area contributed by atoms with E-state index in [1.54, 1.807) is 0 Å². The lowest BCUT2D eigenvalue weighted by molar-refractivity contribution is -0.705. The van der Waals surface area contributed by atoms with Gasteiger partial charge < -0.3 is 34.8 Å². The van der Waals surface area contributed by atoms with E-state index >= 15 is 0 Å². The van der Waals surface area contributed by atoms with Crippen molar-refractivity contribution < 1.29 is 39.1 Å². The summed E-state index contributed by atoms with van der Waals surface area (Å²) in [6, 6.07) is -1.17.